The third-order valence-corrected chi connectivity index (χ3v) is 4.37. The Labute approximate surface area is 143 Å². The van der Waals surface area contributed by atoms with Crippen molar-refractivity contribution in [3.8, 4) is 0 Å². The highest BCUT2D eigenvalue weighted by Crippen LogP contribution is 2.19. The van der Waals surface area contributed by atoms with Crippen molar-refractivity contribution in [2.24, 2.45) is 4.99 Å². The summed E-state index contributed by atoms with van der Waals surface area (Å²) in [6.07, 6.45) is 11.5. The highest BCUT2D eigenvalue weighted by molar-refractivity contribution is 5.79. The van der Waals surface area contributed by atoms with Crippen LogP contribution in [0.15, 0.2) is 41.0 Å². The molecule has 0 fully saturated rings. The first-order chi connectivity index (χ1) is 11.9. The van der Waals surface area contributed by atoms with Crippen molar-refractivity contribution >= 4 is 11.6 Å². The molecule has 2 N–H and O–H groups in total. The molecular weight excluding hydrogens is 300 g/mol. The molecule has 1 aliphatic carbocycles. The van der Waals surface area contributed by atoms with Crippen LogP contribution in [0, 0.1) is 0 Å². The summed E-state index contributed by atoms with van der Waals surface area (Å²) in [4.78, 5) is 4.28. The Bertz CT molecular complexity index is 715. The number of nitrogens with zero attached hydrogens (tertiary/aromatic N) is 4. The molecule has 128 valence electrons. The number of guanidine groups is 1. The second kappa shape index (κ2) is 8.47. The summed E-state index contributed by atoms with van der Waals surface area (Å²) in [5.74, 6) is 1.81. The van der Waals surface area contributed by atoms with Gasteiger partial charge in [-0.25, -0.2) is 0 Å². The highest BCUT2D eigenvalue weighted by atomic mass is 15.2. The van der Waals surface area contributed by atoms with E-state index in [4.69, 9.17) is 0 Å². The fraction of sp³-hybridized carbons (Fsp3) is 0.500. The molecule has 0 saturated heterocycles. The SMILES string of the molecule is CN=C(NCCC1=CCCCC1)NCCc1nnc2ccccn12. The lowest BCUT2D eigenvalue weighted by atomic mass is 9.97. The van der Waals surface area contributed by atoms with Gasteiger partial charge in [-0.2, -0.15) is 0 Å². The zero-order valence-electron chi connectivity index (χ0n) is 14.3. The van der Waals surface area contributed by atoms with Crippen molar-refractivity contribution in [3.63, 3.8) is 0 Å². The predicted octanol–water partition coefficient (Wildman–Crippen LogP) is 2.33. The van der Waals surface area contributed by atoms with Gasteiger partial charge in [0.2, 0.25) is 0 Å². The molecule has 1 aliphatic rings. The molecule has 0 bridgehead atoms. The third-order valence-electron chi connectivity index (χ3n) is 4.37. The van der Waals surface area contributed by atoms with Crippen LogP contribution in [-0.4, -0.2) is 40.7 Å². The minimum Gasteiger partial charge on any atom is -0.356 e. The van der Waals surface area contributed by atoms with Gasteiger partial charge in [0.05, 0.1) is 0 Å². The second-order valence-electron chi connectivity index (χ2n) is 6.08. The van der Waals surface area contributed by atoms with Gasteiger partial charge < -0.3 is 10.6 Å². The summed E-state index contributed by atoms with van der Waals surface area (Å²) in [5.41, 5.74) is 2.47. The van der Waals surface area contributed by atoms with E-state index in [1.165, 1.54) is 25.7 Å². The van der Waals surface area contributed by atoms with Gasteiger partial charge in [0.15, 0.2) is 11.6 Å². The monoisotopic (exact) mass is 326 g/mol. The van der Waals surface area contributed by atoms with Gasteiger partial charge in [0.1, 0.15) is 5.82 Å². The summed E-state index contributed by atoms with van der Waals surface area (Å²) >= 11 is 0. The molecular formula is C18H26N6. The molecule has 0 saturated carbocycles. The molecule has 0 radical (unpaired) electrons. The Morgan fingerprint density at radius 1 is 1.17 bits per heavy atom. The first-order valence-electron chi connectivity index (χ1n) is 8.78. The third kappa shape index (κ3) is 4.34. The number of pyridine rings is 1. The van der Waals surface area contributed by atoms with Crippen LogP contribution in [0.5, 0.6) is 0 Å². The summed E-state index contributed by atoms with van der Waals surface area (Å²) in [6, 6.07) is 5.93. The van der Waals surface area contributed by atoms with Gasteiger partial charge in [-0.1, -0.05) is 17.7 Å². The average Bonchev–Trinajstić information content (AvgIpc) is 3.04. The van der Waals surface area contributed by atoms with Crippen molar-refractivity contribution in [2.45, 2.75) is 38.5 Å². The molecule has 0 unspecified atom stereocenters. The Morgan fingerprint density at radius 3 is 2.83 bits per heavy atom. The van der Waals surface area contributed by atoms with E-state index < -0.39 is 0 Å². The predicted molar refractivity (Wildman–Crippen MR) is 97.2 cm³/mol. The molecule has 0 aromatic carbocycles. The van der Waals surface area contributed by atoms with Crippen molar-refractivity contribution in [3.05, 3.63) is 41.9 Å². The van der Waals surface area contributed by atoms with Crippen molar-refractivity contribution < 1.29 is 0 Å². The maximum atomic E-state index is 4.28. The van der Waals surface area contributed by atoms with Crippen molar-refractivity contribution in [1.82, 2.24) is 25.2 Å². The fourth-order valence-electron chi connectivity index (χ4n) is 3.05. The first kappa shape index (κ1) is 16.5. The number of aliphatic imine (C=N–C) groups is 1. The molecule has 24 heavy (non-hydrogen) atoms. The second-order valence-corrected chi connectivity index (χ2v) is 6.08. The molecule has 6 nitrogen and oxygen atoms in total. The summed E-state index contributed by atoms with van der Waals surface area (Å²) in [7, 11) is 1.81. The van der Waals surface area contributed by atoms with E-state index in [0.717, 1.165) is 43.4 Å². The Morgan fingerprint density at radius 2 is 2.04 bits per heavy atom. The number of nitrogens with one attached hydrogen (secondary N) is 2. The minimum absolute atomic E-state index is 0.776. The number of fused-ring (bicyclic) bond motifs is 1. The number of hydrogen-bond donors (Lipinski definition) is 2. The highest BCUT2D eigenvalue weighted by Gasteiger charge is 2.06. The summed E-state index contributed by atoms with van der Waals surface area (Å²) < 4.78 is 2.02. The van der Waals surface area contributed by atoms with Crippen LogP contribution in [0.1, 0.15) is 37.9 Å². The molecule has 2 aromatic rings. The quantitative estimate of drug-likeness (QED) is 0.486. The molecule has 0 spiro atoms. The number of aromatic nitrogens is 3. The van der Waals surface area contributed by atoms with Crippen LogP contribution >= 0.6 is 0 Å². The van der Waals surface area contributed by atoms with Crippen LogP contribution < -0.4 is 10.6 Å². The molecule has 0 aliphatic heterocycles. The van der Waals surface area contributed by atoms with Gasteiger partial charge in [-0.05, 0) is 44.2 Å². The molecule has 2 aromatic heterocycles. The topological polar surface area (TPSA) is 66.6 Å². The number of hydrogen-bond acceptors (Lipinski definition) is 3. The Hall–Kier alpha value is -2.37. The van der Waals surface area contributed by atoms with Crippen LogP contribution in [0.4, 0.5) is 0 Å². The smallest absolute Gasteiger partial charge is 0.191 e. The number of allylic oxidation sites excluding steroid dienone is 1. The zero-order valence-corrected chi connectivity index (χ0v) is 14.3. The van der Waals surface area contributed by atoms with Gasteiger partial charge >= 0.3 is 0 Å². The fourth-order valence-corrected chi connectivity index (χ4v) is 3.05. The van der Waals surface area contributed by atoms with E-state index >= 15 is 0 Å². The molecule has 0 amide bonds. The molecule has 2 heterocycles. The van der Waals surface area contributed by atoms with E-state index in [0.29, 0.717) is 0 Å². The van der Waals surface area contributed by atoms with E-state index in [2.05, 4.69) is 31.9 Å². The molecule has 6 heteroatoms. The van der Waals surface area contributed by atoms with Crippen LogP contribution in [0.25, 0.3) is 5.65 Å². The van der Waals surface area contributed by atoms with Crippen molar-refractivity contribution in [2.75, 3.05) is 20.1 Å². The molecule has 0 atom stereocenters. The van der Waals surface area contributed by atoms with E-state index in [9.17, 15) is 0 Å². The van der Waals surface area contributed by atoms with Crippen LogP contribution in [0.3, 0.4) is 0 Å². The van der Waals surface area contributed by atoms with Crippen LogP contribution in [0.2, 0.25) is 0 Å². The Balaban J connectivity index is 1.42. The zero-order chi connectivity index (χ0) is 16.6. The largest absolute Gasteiger partial charge is 0.356 e. The van der Waals surface area contributed by atoms with Gasteiger partial charge in [-0.3, -0.25) is 9.39 Å². The maximum absolute atomic E-state index is 4.28. The van der Waals surface area contributed by atoms with E-state index in [1.54, 1.807) is 5.57 Å². The van der Waals surface area contributed by atoms with Gasteiger partial charge in [0, 0.05) is 32.8 Å². The molecule has 3 rings (SSSR count). The lowest BCUT2D eigenvalue weighted by Crippen LogP contribution is -2.39. The summed E-state index contributed by atoms with van der Waals surface area (Å²) in [5, 5.41) is 15.2. The standard InChI is InChI=1S/C18H26N6/c1-19-18(20-12-10-15-7-3-2-4-8-15)21-13-11-17-23-22-16-9-5-6-14-24(16)17/h5-7,9,14H,2-4,8,10-13H2,1H3,(H2,19,20,21). The lowest BCUT2D eigenvalue weighted by molar-refractivity contribution is 0.664. The average molecular weight is 326 g/mol. The lowest BCUT2D eigenvalue weighted by Gasteiger charge is -2.15. The van der Waals surface area contributed by atoms with Gasteiger partial charge in [-0.15, -0.1) is 10.2 Å². The van der Waals surface area contributed by atoms with E-state index in [-0.39, 0.29) is 0 Å². The maximum Gasteiger partial charge on any atom is 0.191 e. The van der Waals surface area contributed by atoms with Crippen LogP contribution in [-0.2, 0) is 6.42 Å². The van der Waals surface area contributed by atoms with Gasteiger partial charge in [0.25, 0.3) is 0 Å². The number of rotatable bonds is 6. The van der Waals surface area contributed by atoms with E-state index in [1.807, 2.05) is 35.8 Å². The first-order valence-corrected chi connectivity index (χ1v) is 8.78. The normalized spacial score (nSPS) is 15.4. The summed E-state index contributed by atoms with van der Waals surface area (Å²) in [6.45, 7) is 1.71. The Kier molecular flexibility index (Phi) is 5.82. The van der Waals surface area contributed by atoms with Crippen molar-refractivity contribution in [1.29, 1.82) is 0 Å². The minimum atomic E-state index is 0.776.